The zero-order chi connectivity index (χ0) is 18.0. The summed E-state index contributed by atoms with van der Waals surface area (Å²) >= 11 is 0. The third kappa shape index (κ3) is 2.72. The average molecular weight is 368 g/mol. The van der Waals surface area contributed by atoms with Gasteiger partial charge in [0.15, 0.2) is 0 Å². The van der Waals surface area contributed by atoms with Crippen molar-refractivity contribution in [3.05, 3.63) is 11.6 Å². The number of Topliss-reactive ketones (excluding diaryl/α,β-unsaturated/α-hetero) is 1. The van der Waals surface area contributed by atoms with E-state index in [0.717, 1.165) is 44.9 Å². The number of rotatable bonds is 2. The Morgan fingerprint density at radius 1 is 1.12 bits per heavy atom. The highest BCUT2D eigenvalue weighted by Gasteiger charge is 2.58. The summed E-state index contributed by atoms with van der Waals surface area (Å²) in [6.45, 7) is 4.55. The number of hydrogen-bond acceptors (Lipinski definition) is 4. The fraction of sp³-hybridized carbons (Fsp3) is 0.842. The maximum atomic E-state index is 12.4. The molecule has 0 aromatic carbocycles. The van der Waals surface area contributed by atoms with Crippen molar-refractivity contribution in [3.8, 4) is 0 Å². The van der Waals surface area contributed by atoms with Gasteiger partial charge in [-0.2, -0.15) is 8.42 Å². The molecule has 4 aliphatic rings. The molecule has 6 heteroatoms. The molecular formula is C19H29NO4S. The number of carbonyl (C=O) groups is 1. The van der Waals surface area contributed by atoms with Crippen LogP contribution >= 0.6 is 0 Å². The molecule has 0 aliphatic heterocycles. The lowest BCUT2D eigenvalue weighted by molar-refractivity contribution is -0.131. The number of hydrogen-bond donors (Lipinski definition) is 1. The van der Waals surface area contributed by atoms with Gasteiger partial charge in [0, 0.05) is 11.8 Å². The van der Waals surface area contributed by atoms with E-state index in [9.17, 15) is 13.2 Å². The standard InChI is InChI=1S/C19H29NO4S/c1-18-9-7-13(24-25(20,22)23)11-12(18)3-4-14-15-5-6-17(21)19(15,2)10-8-16(14)18/h3,13-16H,4-11H2,1-2H3,(H2,20,22,23)/t13-,14?,15?,16?,18-,19-/m0/s1. The molecule has 3 fully saturated rings. The zero-order valence-corrected chi connectivity index (χ0v) is 16.0. The number of ketones is 1. The molecule has 0 aromatic rings. The largest absolute Gasteiger partial charge is 0.333 e. The van der Waals surface area contributed by atoms with Crippen LogP contribution in [0.5, 0.6) is 0 Å². The molecule has 0 bridgehead atoms. The highest BCUT2D eigenvalue weighted by atomic mass is 32.2. The fourth-order valence-electron chi connectivity index (χ4n) is 6.67. The molecule has 2 N–H and O–H groups in total. The lowest BCUT2D eigenvalue weighted by atomic mass is 9.48. The summed E-state index contributed by atoms with van der Waals surface area (Å²) in [6, 6.07) is 0. The van der Waals surface area contributed by atoms with Gasteiger partial charge in [-0.3, -0.25) is 8.98 Å². The Bertz CT molecular complexity index is 730. The minimum atomic E-state index is -3.90. The van der Waals surface area contributed by atoms with E-state index in [1.165, 1.54) is 5.57 Å². The zero-order valence-electron chi connectivity index (χ0n) is 15.2. The maximum Gasteiger partial charge on any atom is 0.333 e. The monoisotopic (exact) mass is 367 g/mol. The van der Waals surface area contributed by atoms with Gasteiger partial charge in [-0.05, 0) is 68.1 Å². The first-order valence-electron chi connectivity index (χ1n) is 9.57. The fourth-order valence-corrected chi connectivity index (χ4v) is 7.21. The van der Waals surface area contributed by atoms with Gasteiger partial charge in [-0.1, -0.05) is 25.5 Å². The summed E-state index contributed by atoms with van der Waals surface area (Å²) in [6.07, 6.45) is 9.28. The molecule has 0 saturated heterocycles. The summed E-state index contributed by atoms with van der Waals surface area (Å²) in [5.41, 5.74) is 1.37. The van der Waals surface area contributed by atoms with Crippen LogP contribution in [0.25, 0.3) is 0 Å². The van der Waals surface area contributed by atoms with Crippen molar-refractivity contribution < 1.29 is 17.4 Å². The van der Waals surface area contributed by atoms with E-state index in [1.807, 2.05) is 0 Å². The normalized spacial score (nSPS) is 46.8. The van der Waals surface area contributed by atoms with Crippen molar-refractivity contribution in [2.45, 2.75) is 71.3 Å². The van der Waals surface area contributed by atoms with Crippen molar-refractivity contribution >= 4 is 16.1 Å². The predicted octanol–water partition coefficient (Wildman–Crippen LogP) is 3.11. The summed E-state index contributed by atoms with van der Waals surface area (Å²) in [5, 5.41) is 5.06. The van der Waals surface area contributed by atoms with Gasteiger partial charge < -0.3 is 0 Å². The Balaban J connectivity index is 1.59. The van der Waals surface area contributed by atoms with Crippen molar-refractivity contribution in [1.29, 1.82) is 0 Å². The molecule has 5 nitrogen and oxygen atoms in total. The molecule has 4 aliphatic carbocycles. The summed E-state index contributed by atoms with van der Waals surface area (Å²) < 4.78 is 27.6. The second-order valence-corrected chi connectivity index (χ2v) is 10.3. The summed E-state index contributed by atoms with van der Waals surface area (Å²) in [4.78, 5) is 12.4. The SMILES string of the molecule is C[C@]12CC[C@H](OS(N)(=O)=O)CC1=CCC1C2CC[C@]2(C)C(=O)CCC12. The summed E-state index contributed by atoms with van der Waals surface area (Å²) in [5.74, 6) is 2.19. The minimum Gasteiger partial charge on any atom is -0.299 e. The topological polar surface area (TPSA) is 86.5 Å². The van der Waals surface area contributed by atoms with Crippen LogP contribution in [0.4, 0.5) is 0 Å². The van der Waals surface area contributed by atoms with Gasteiger partial charge in [0.25, 0.3) is 0 Å². The van der Waals surface area contributed by atoms with Gasteiger partial charge >= 0.3 is 10.3 Å². The second kappa shape index (κ2) is 5.64. The maximum absolute atomic E-state index is 12.4. The van der Waals surface area contributed by atoms with E-state index in [4.69, 9.17) is 9.32 Å². The van der Waals surface area contributed by atoms with E-state index in [2.05, 4.69) is 19.9 Å². The van der Waals surface area contributed by atoms with Crippen molar-refractivity contribution in [3.63, 3.8) is 0 Å². The molecule has 0 aromatic heterocycles. The first-order valence-corrected chi connectivity index (χ1v) is 11.0. The lowest BCUT2D eigenvalue weighted by Crippen LogP contribution is -2.50. The number of fused-ring (bicyclic) bond motifs is 5. The smallest absolute Gasteiger partial charge is 0.299 e. The van der Waals surface area contributed by atoms with E-state index in [-0.39, 0.29) is 16.9 Å². The van der Waals surface area contributed by atoms with E-state index in [1.54, 1.807) is 0 Å². The third-order valence-electron chi connectivity index (χ3n) is 8.04. The first-order chi connectivity index (χ1) is 11.6. The van der Waals surface area contributed by atoms with Crippen LogP contribution in [0, 0.1) is 28.6 Å². The molecule has 4 rings (SSSR count). The van der Waals surface area contributed by atoms with Crippen LogP contribution in [0.15, 0.2) is 11.6 Å². The Labute approximate surface area is 150 Å². The molecule has 140 valence electrons. The average Bonchev–Trinajstić information content (AvgIpc) is 2.82. The van der Waals surface area contributed by atoms with Gasteiger partial charge in [0.1, 0.15) is 5.78 Å². The predicted molar refractivity (Wildman–Crippen MR) is 94.7 cm³/mol. The molecular weight excluding hydrogens is 338 g/mol. The second-order valence-electron chi connectivity index (χ2n) is 9.13. The van der Waals surface area contributed by atoms with E-state index >= 15 is 0 Å². The van der Waals surface area contributed by atoms with Gasteiger partial charge in [0.2, 0.25) is 0 Å². The number of nitrogens with two attached hydrogens (primary N) is 1. The van der Waals surface area contributed by atoms with Crippen LogP contribution in [0.2, 0.25) is 0 Å². The van der Waals surface area contributed by atoms with Gasteiger partial charge in [-0.15, -0.1) is 0 Å². The van der Waals surface area contributed by atoms with Crippen LogP contribution in [0.3, 0.4) is 0 Å². The van der Waals surface area contributed by atoms with Crippen LogP contribution in [0.1, 0.15) is 65.2 Å². The van der Waals surface area contributed by atoms with Crippen molar-refractivity contribution in [1.82, 2.24) is 0 Å². The van der Waals surface area contributed by atoms with E-state index in [0.29, 0.717) is 30.0 Å². The van der Waals surface area contributed by atoms with Crippen LogP contribution in [-0.4, -0.2) is 20.3 Å². The summed E-state index contributed by atoms with van der Waals surface area (Å²) in [7, 11) is -3.90. The molecule has 25 heavy (non-hydrogen) atoms. The molecule has 0 amide bonds. The lowest BCUT2D eigenvalue weighted by Gasteiger charge is -2.56. The first kappa shape index (κ1) is 17.7. The number of carbonyl (C=O) groups excluding carboxylic acids is 1. The minimum absolute atomic E-state index is 0.100. The highest BCUT2D eigenvalue weighted by molar-refractivity contribution is 7.84. The highest BCUT2D eigenvalue weighted by Crippen LogP contribution is 2.64. The third-order valence-corrected chi connectivity index (χ3v) is 8.58. The van der Waals surface area contributed by atoms with Gasteiger partial charge in [0.05, 0.1) is 6.10 Å². The quantitative estimate of drug-likeness (QED) is 0.760. The molecule has 0 heterocycles. The van der Waals surface area contributed by atoms with Gasteiger partial charge in [-0.25, -0.2) is 5.14 Å². The Morgan fingerprint density at radius 2 is 1.80 bits per heavy atom. The van der Waals surface area contributed by atoms with Crippen LogP contribution < -0.4 is 5.14 Å². The Kier molecular flexibility index (Phi) is 3.99. The molecule has 0 radical (unpaired) electrons. The van der Waals surface area contributed by atoms with E-state index < -0.39 is 10.3 Å². The Morgan fingerprint density at radius 3 is 2.52 bits per heavy atom. The Hall–Kier alpha value is -0.720. The molecule has 3 saturated carbocycles. The molecule has 0 spiro atoms. The van der Waals surface area contributed by atoms with Crippen molar-refractivity contribution in [2.75, 3.05) is 0 Å². The number of allylic oxidation sites excluding steroid dienone is 1. The molecule has 6 atom stereocenters. The van der Waals surface area contributed by atoms with Crippen molar-refractivity contribution in [2.24, 2.45) is 33.7 Å². The van der Waals surface area contributed by atoms with Crippen LogP contribution in [-0.2, 0) is 19.3 Å². The molecule has 3 unspecified atom stereocenters.